The van der Waals surface area contributed by atoms with Gasteiger partial charge in [-0.05, 0) is 35.4 Å². The van der Waals surface area contributed by atoms with Crippen molar-refractivity contribution in [1.82, 2.24) is 5.32 Å². The highest BCUT2D eigenvalue weighted by Gasteiger charge is 2.17. The van der Waals surface area contributed by atoms with Crippen molar-refractivity contribution in [3.05, 3.63) is 59.7 Å². The lowest BCUT2D eigenvalue weighted by Crippen LogP contribution is -2.30. The molecule has 27 heavy (non-hydrogen) atoms. The third kappa shape index (κ3) is 6.53. The number of benzene rings is 2. The van der Waals surface area contributed by atoms with E-state index in [2.05, 4.69) is 5.32 Å². The van der Waals surface area contributed by atoms with E-state index in [0.29, 0.717) is 5.75 Å². The van der Waals surface area contributed by atoms with Crippen molar-refractivity contribution >= 4 is 23.6 Å². The second-order valence-electron chi connectivity index (χ2n) is 5.74. The lowest BCUT2D eigenvalue weighted by atomic mass is 9.98. The first-order chi connectivity index (χ1) is 13.0. The maximum absolute atomic E-state index is 12.4. The molecule has 144 valence electrons. The Kier molecular flexibility index (Phi) is 8.00. The summed E-state index contributed by atoms with van der Waals surface area (Å²) in [5.74, 6) is 1.07. The summed E-state index contributed by atoms with van der Waals surface area (Å²) in [6, 6.07) is 14.7. The summed E-state index contributed by atoms with van der Waals surface area (Å²) in [5.41, 5.74) is 1.84. The molecule has 0 aliphatic rings. The van der Waals surface area contributed by atoms with Gasteiger partial charge in [0.2, 0.25) is 5.91 Å². The zero-order valence-corrected chi connectivity index (χ0v) is 16.1. The molecule has 0 saturated carbocycles. The number of carbonyl (C=O) groups excluding carboxylic acids is 1. The first kappa shape index (κ1) is 20.6. The number of carbonyl (C=O) groups is 2. The van der Waals surface area contributed by atoms with Crippen LogP contribution in [0, 0.1) is 0 Å². The topological polar surface area (TPSA) is 84.9 Å². The lowest BCUT2D eigenvalue weighted by Gasteiger charge is -2.20. The fourth-order valence-corrected chi connectivity index (χ4v) is 3.21. The van der Waals surface area contributed by atoms with E-state index in [1.165, 1.54) is 11.8 Å². The summed E-state index contributed by atoms with van der Waals surface area (Å²) in [4.78, 5) is 22.9. The number of hydrogen-bond donors (Lipinski definition) is 2. The maximum Gasteiger partial charge on any atom is 0.304 e. The second-order valence-corrected chi connectivity index (χ2v) is 6.85. The average molecular weight is 389 g/mol. The fourth-order valence-electron chi connectivity index (χ4n) is 2.48. The van der Waals surface area contributed by atoms with Crippen LogP contribution in [0.3, 0.4) is 0 Å². The summed E-state index contributed by atoms with van der Waals surface area (Å²) in [6.07, 6.45) is 0.0400. The molecule has 0 aliphatic heterocycles. The predicted molar refractivity (Wildman–Crippen MR) is 106 cm³/mol. The molecule has 1 amide bonds. The lowest BCUT2D eigenvalue weighted by molar-refractivity contribution is -0.136. The Morgan fingerprint density at radius 1 is 0.963 bits per heavy atom. The molecule has 0 spiro atoms. The number of hydrogen-bond acceptors (Lipinski definition) is 5. The van der Waals surface area contributed by atoms with Crippen molar-refractivity contribution < 1.29 is 24.2 Å². The summed E-state index contributed by atoms with van der Waals surface area (Å²) in [6.45, 7) is 0. The smallest absolute Gasteiger partial charge is 0.304 e. The predicted octanol–water partition coefficient (Wildman–Crippen LogP) is 3.12. The fraction of sp³-hybridized carbons (Fsp3) is 0.300. The molecule has 0 saturated heterocycles. The highest BCUT2D eigenvalue weighted by atomic mass is 32.2. The van der Waals surface area contributed by atoms with Gasteiger partial charge in [0.05, 0.1) is 32.4 Å². The number of carboxylic acid groups (broad SMARTS) is 1. The second kappa shape index (κ2) is 10.5. The van der Waals surface area contributed by atoms with Gasteiger partial charge in [-0.3, -0.25) is 9.59 Å². The van der Waals surface area contributed by atoms with Gasteiger partial charge in [-0.25, -0.2) is 0 Å². The van der Waals surface area contributed by atoms with E-state index in [9.17, 15) is 9.59 Å². The average Bonchev–Trinajstić information content (AvgIpc) is 2.69. The third-order valence-electron chi connectivity index (χ3n) is 3.90. The van der Waals surface area contributed by atoms with E-state index in [4.69, 9.17) is 14.6 Å². The van der Waals surface area contributed by atoms with E-state index < -0.39 is 5.97 Å². The number of ether oxygens (including phenoxy) is 2. The Labute approximate surface area is 162 Å². The standard InChI is InChI=1S/C20H23NO5S/c1-25-16-7-3-14(4-8-16)20(15-5-9-17(26-2)10-6-15)21-18(22)13-27-12-11-19(23)24/h3-10,20H,11-13H2,1-2H3,(H,21,22)(H,23,24). The molecule has 0 unspecified atom stereocenters. The molecule has 2 aromatic rings. The van der Waals surface area contributed by atoms with Crippen molar-refractivity contribution in [2.24, 2.45) is 0 Å². The SMILES string of the molecule is COc1ccc(C(NC(=O)CSCCC(=O)O)c2ccc(OC)cc2)cc1. The van der Waals surface area contributed by atoms with E-state index in [-0.39, 0.29) is 24.1 Å². The Morgan fingerprint density at radius 2 is 1.44 bits per heavy atom. The van der Waals surface area contributed by atoms with Crippen molar-refractivity contribution in [1.29, 1.82) is 0 Å². The zero-order valence-electron chi connectivity index (χ0n) is 15.3. The van der Waals surface area contributed by atoms with Gasteiger partial charge >= 0.3 is 5.97 Å². The molecule has 0 bridgehead atoms. The molecule has 0 atom stereocenters. The van der Waals surface area contributed by atoms with Crippen LogP contribution in [0.5, 0.6) is 11.5 Å². The minimum absolute atomic E-state index is 0.0400. The molecule has 0 heterocycles. The van der Waals surface area contributed by atoms with E-state index >= 15 is 0 Å². The maximum atomic E-state index is 12.4. The molecule has 6 nitrogen and oxygen atoms in total. The third-order valence-corrected chi connectivity index (χ3v) is 4.86. The van der Waals surface area contributed by atoms with Gasteiger partial charge in [0.1, 0.15) is 11.5 Å². The summed E-state index contributed by atoms with van der Waals surface area (Å²) in [5, 5.41) is 11.7. The minimum Gasteiger partial charge on any atom is -0.497 e. The monoisotopic (exact) mass is 389 g/mol. The highest BCUT2D eigenvalue weighted by Crippen LogP contribution is 2.26. The van der Waals surface area contributed by atoms with Crippen LogP contribution in [0.1, 0.15) is 23.6 Å². The molecule has 0 aliphatic carbocycles. The quantitative estimate of drug-likeness (QED) is 0.608. The molecule has 2 rings (SSSR count). The van der Waals surface area contributed by atoms with Crippen molar-refractivity contribution in [3.8, 4) is 11.5 Å². The minimum atomic E-state index is -0.864. The Balaban J connectivity index is 2.13. The van der Waals surface area contributed by atoms with Crippen LogP contribution in [0.4, 0.5) is 0 Å². The van der Waals surface area contributed by atoms with Crippen molar-refractivity contribution in [2.75, 3.05) is 25.7 Å². The van der Waals surface area contributed by atoms with E-state index in [1.807, 2.05) is 48.5 Å². The van der Waals surface area contributed by atoms with Crippen LogP contribution in [0.15, 0.2) is 48.5 Å². The molecule has 7 heteroatoms. The Hall–Kier alpha value is -2.67. The first-order valence-corrected chi connectivity index (χ1v) is 9.55. The van der Waals surface area contributed by atoms with E-state index in [1.54, 1.807) is 14.2 Å². The molecule has 0 fully saturated rings. The van der Waals surface area contributed by atoms with Crippen LogP contribution in [-0.2, 0) is 9.59 Å². The van der Waals surface area contributed by atoms with Gasteiger partial charge in [0.15, 0.2) is 0 Å². The highest BCUT2D eigenvalue weighted by molar-refractivity contribution is 7.99. The van der Waals surface area contributed by atoms with Crippen LogP contribution in [0.25, 0.3) is 0 Å². The van der Waals surface area contributed by atoms with Crippen LogP contribution < -0.4 is 14.8 Å². The van der Waals surface area contributed by atoms with Gasteiger partial charge in [0.25, 0.3) is 0 Å². The molecular weight excluding hydrogens is 366 g/mol. The number of thioether (sulfide) groups is 1. The van der Waals surface area contributed by atoms with Gasteiger partial charge in [-0.2, -0.15) is 11.8 Å². The first-order valence-electron chi connectivity index (χ1n) is 8.40. The molecule has 0 aromatic heterocycles. The van der Waals surface area contributed by atoms with Gasteiger partial charge in [-0.1, -0.05) is 24.3 Å². The van der Waals surface area contributed by atoms with Crippen LogP contribution in [-0.4, -0.2) is 42.7 Å². The molecule has 2 aromatic carbocycles. The summed E-state index contributed by atoms with van der Waals surface area (Å²) >= 11 is 1.30. The normalized spacial score (nSPS) is 10.5. The largest absolute Gasteiger partial charge is 0.497 e. The summed E-state index contributed by atoms with van der Waals surface area (Å²) in [7, 11) is 3.21. The van der Waals surface area contributed by atoms with E-state index in [0.717, 1.165) is 22.6 Å². The number of aliphatic carboxylic acids is 1. The number of carboxylic acids is 1. The van der Waals surface area contributed by atoms with Gasteiger partial charge in [0, 0.05) is 5.75 Å². The number of amides is 1. The number of rotatable bonds is 10. The Bertz CT molecular complexity index is 698. The van der Waals surface area contributed by atoms with Gasteiger partial charge < -0.3 is 19.9 Å². The number of nitrogens with one attached hydrogen (secondary N) is 1. The van der Waals surface area contributed by atoms with Crippen molar-refractivity contribution in [3.63, 3.8) is 0 Å². The molecule has 0 radical (unpaired) electrons. The van der Waals surface area contributed by atoms with Crippen LogP contribution in [0.2, 0.25) is 0 Å². The van der Waals surface area contributed by atoms with Crippen molar-refractivity contribution in [2.45, 2.75) is 12.5 Å². The number of methoxy groups -OCH3 is 2. The molecule has 2 N–H and O–H groups in total. The van der Waals surface area contributed by atoms with Crippen LogP contribution >= 0.6 is 11.8 Å². The molecular formula is C20H23NO5S. The Morgan fingerprint density at radius 3 is 1.85 bits per heavy atom. The van der Waals surface area contributed by atoms with Gasteiger partial charge in [-0.15, -0.1) is 0 Å². The summed E-state index contributed by atoms with van der Waals surface area (Å²) < 4.78 is 10.4. The zero-order chi connectivity index (χ0) is 19.6.